The Labute approximate surface area is 66.8 Å². The van der Waals surface area contributed by atoms with E-state index in [0.29, 0.717) is 5.25 Å². The van der Waals surface area contributed by atoms with Crippen molar-refractivity contribution in [3.8, 4) is 35.4 Å². The molecular formula is C9H8S. The normalized spacial score (nSPS) is 6.60. The van der Waals surface area contributed by atoms with Gasteiger partial charge in [0.15, 0.2) is 0 Å². The lowest BCUT2D eigenvalue weighted by Crippen LogP contribution is -1.80. The Bertz CT molecular complexity index is 234. The largest absolute Gasteiger partial charge is 0.106 e. The Morgan fingerprint density at radius 1 is 1.20 bits per heavy atom. The van der Waals surface area contributed by atoms with Crippen molar-refractivity contribution < 1.29 is 0 Å². The Morgan fingerprint density at radius 2 is 1.90 bits per heavy atom. The van der Waals surface area contributed by atoms with Crippen molar-refractivity contribution in [3.63, 3.8) is 0 Å². The van der Waals surface area contributed by atoms with Gasteiger partial charge in [0, 0.05) is 5.25 Å². The minimum atomic E-state index is 0.528. The first-order chi connectivity index (χ1) is 4.77. The molecule has 0 fully saturated rings. The summed E-state index contributed by atoms with van der Waals surface area (Å²) in [6.07, 6.45) is 4.87. The quantitative estimate of drug-likeness (QED) is 0.510. The van der Waals surface area contributed by atoms with E-state index in [2.05, 4.69) is 42.8 Å². The van der Waals surface area contributed by atoms with Crippen LogP contribution in [0, 0.1) is 35.4 Å². The Kier molecular flexibility index (Phi) is 5.56. The van der Waals surface area contributed by atoms with Crippen molar-refractivity contribution in [2.75, 3.05) is 0 Å². The molecule has 0 atom stereocenters. The first-order valence-corrected chi connectivity index (χ1v) is 3.76. The SMILES string of the molecule is C#CC#CC#CSC(C)C. The highest BCUT2D eigenvalue weighted by atomic mass is 32.2. The van der Waals surface area contributed by atoms with Crippen molar-refractivity contribution in [3.05, 3.63) is 0 Å². The van der Waals surface area contributed by atoms with Gasteiger partial charge < -0.3 is 0 Å². The molecule has 0 aromatic carbocycles. The van der Waals surface area contributed by atoms with E-state index in [1.807, 2.05) is 0 Å². The molecule has 10 heavy (non-hydrogen) atoms. The molecule has 0 aromatic rings. The van der Waals surface area contributed by atoms with Gasteiger partial charge in [0.25, 0.3) is 0 Å². The number of hydrogen-bond acceptors (Lipinski definition) is 1. The smallest absolute Gasteiger partial charge is 0.0114 e. The zero-order valence-corrected chi connectivity index (χ0v) is 6.88. The van der Waals surface area contributed by atoms with Crippen molar-refractivity contribution in [2.45, 2.75) is 19.1 Å². The molecule has 0 aliphatic carbocycles. The summed E-state index contributed by atoms with van der Waals surface area (Å²) in [5.74, 6) is 9.75. The summed E-state index contributed by atoms with van der Waals surface area (Å²) in [7, 11) is 0. The average Bonchev–Trinajstić information content (AvgIpc) is 1.87. The van der Waals surface area contributed by atoms with Crippen LogP contribution in [0.3, 0.4) is 0 Å². The van der Waals surface area contributed by atoms with Crippen LogP contribution in [0.2, 0.25) is 0 Å². The van der Waals surface area contributed by atoms with Crippen LogP contribution in [0.25, 0.3) is 0 Å². The summed E-state index contributed by atoms with van der Waals surface area (Å²) in [5, 5.41) is 3.35. The minimum absolute atomic E-state index is 0.528. The second-order valence-corrected chi connectivity index (χ2v) is 3.17. The highest BCUT2D eigenvalue weighted by Crippen LogP contribution is 2.04. The Balaban J connectivity index is 3.63. The molecule has 0 saturated heterocycles. The minimum Gasteiger partial charge on any atom is -0.106 e. The van der Waals surface area contributed by atoms with Crippen LogP contribution in [0.4, 0.5) is 0 Å². The predicted octanol–water partition coefficient (Wildman–Crippen LogP) is 1.73. The molecule has 0 aromatic heterocycles. The lowest BCUT2D eigenvalue weighted by atomic mass is 10.6. The fraction of sp³-hybridized carbons (Fsp3) is 0.333. The first-order valence-electron chi connectivity index (χ1n) is 2.88. The van der Waals surface area contributed by atoms with E-state index in [1.165, 1.54) is 0 Å². The topological polar surface area (TPSA) is 0 Å². The summed E-state index contributed by atoms with van der Waals surface area (Å²) in [6, 6.07) is 0. The molecule has 0 aliphatic rings. The van der Waals surface area contributed by atoms with Gasteiger partial charge in [-0.2, -0.15) is 0 Å². The molecule has 0 heterocycles. The first kappa shape index (κ1) is 9.03. The van der Waals surface area contributed by atoms with Gasteiger partial charge in [-0.3, -0.25) is 0 Å². The van der Waals surface area contributed by atoms with E-state index < -0.39 is 0 Å². The molecule has 0 bridgehead atoms. The molecule has 0 nitrogen and oxygen atoms in total. The number of terminal acetylenes is 1. The van der Waals surface area contributed by atoms with Crippen LogP contribution in [0.15, 0.2) is 0 Å². The highest BCUT2D eigenvalue weighted by molar-refractivity contribution is 8.04. The second kappa shape index (κ2) is 6.15. The molecule has 0 saturated carbocycles. The van der Waals surface area contributed by atoms with Gasteiger partial charge in [-0.15, -0.1) is 6.42 Å². The predicted molar refractivity (Wildman–Crippen MR) is 47.1 cm³/mol. The second-order valence-electron chi connectivity index (χ2n) is 1.79. The summed E-state index contributed by atoms with van der Waals surface area (Å²) < 4.78 is 0. The van der Waals surface area contributed by atoms with Crippen LogP contribution < -0.4 is 0 Å². The van der Waals surface area contributed by atoms with Crippen molar-refractivity contribution in [1.82, 2.24) is 0 Å². The van der Waals surface area contributed by atoms with Crippen molar-refractivity contribution in [1.29, 1.82) is 0 Å². The van der Waals surface area contributed by atoms with Crippen LogP contribution in [-0.4, -0.2) is 5.25 Å². The molecule has 1 heteroatoms. The molecule has 0 amide bonds. The lowest BCUT2D eigenvalue weighted by Gasteiger charge is -1.90. The van der Waals surface area contributed by atoms with Gasteiger partial charge in [-0.05, 0) is 28.9 Å². The fourth-order valence-electron chi connectivity index (χ4n) is 0.240. The van der Waals surface area contributed by atoms with Gasteiger partial charge in [0.2, 0.25) is 0 Å². The van der Waals surface area contributed by atoms with E-state index in [0.717, 1.165) is 0 Å². The highest BCUT2D eigenvalue weighted by Gasteiger charge is 1.85. The van der Waals surface area contributed by atoms with Crippen molar-refractivity contribution in [2.24, 2.45) is 0 Å². The summed E-state index contributed by atoms with van der Waals surface area (Å²) in [6.45, 7) is 4.15. The van der Waals surface area contributed by atoms with E-state index >= 15 is 0 Å². The molecule has 0 unspecified atom stereocenters. The van der Waals surface area contributed by atoms with Crippen molar-refractivity contribution >= 4 is 11.8 Å². The molecule has 0 N–H and O–H groups in total. The van der Waals surface area contributed by atoms with Crippen LogP contribution in [-0.2, 0) is 0 Å². The van der Waals surface area contributed by atoms with Crippen LogP contribution >= 0.6 is 11.8 Å². The van der Waals surface area contributed by atoms with Gasteiger partial charge in [-0.1, -0.05) is 25.6 Å². The molecule has 0 radical (unpaired) electrons. The van der Waals surface area contributed by atoms with Gasteiger partial charge in [-0.25, -0.2) is 0 Å². The lowest BCUT2D eigenvalue weighted by molar-refractivity contribution is 1.12. The summed E-state index contributed by atoms with van der Waals surface area (Å²) in [5.41, 5.74) is 0. The number of rotatable bonds is 1. The van der Waals surface area contributed by atoms with Gasteiger partial charge in [0.05, 0.1) is 0 Å². The van der Waals surface area contributed by atoms with E-state index in [4.69, 9.17) is 6.42 Å². The summed E-state index contributed by atoms with van der Waals surface area (Å²) >= 11 is 1.55. The molecule has 0 spiro atoms. The standard InChI is InChI=1S/C9H8S/c1-4-5-6-7-8-10-9(2)3/h1,9H,2-3H3. The van der Waals surface area contributed by atoms with E-state index in [-0.39, 0.29) is 0 Å². The zero-order chi connectivity index (χ0) is 7.82. The van der Waals surface area contributed by atoms with Gasteiger partial charge in [0.1, 0.15) is 0 Å². The molecule has 0 aliphatic heterocycles. The molecule has 50 valence electrons. The van der Waals surface area contributed by atoms with Gasteiger partial charge >= 0.3 is 0 Å². The monoisotopic (exact) mass is 148 g/mol. The number of hydrogen-bond donors (Lipinski definition) is 0. The third kappa shape index (κ3) is 7.03. The third-order valence-electron chi connectivity index (χ3n) is 0.543. The maximum absolute atomic E-state index is 4.87. The maximum atomic E-state index is 4.87. The van der Waals surface area contributed by atoms with Crippen LogP contribution in [0.1, 0.15) is 13.8 Å². The Morgan fingerprint density at radius 3 is 2.40 bits per heavy atom. The average molecular weight is 148 g/mol. The molecule has 0 rings (SSSR count). The fourth-order valence-corrected chi connectivity index (χ4v) is 0.586. The maximum Gasteiger partial charge on any atom is 0.0114 e. The zero-order valence-electron chi connectivity index (χ0n) is 6.06. The summed E-state index contributed by atoms with van der Waals surface area (Å²) in [4.78, 5) is 0. The Hall–Kier alpha value is -0.970. The van der Waals surface area contributed by atoms with Crippen LogP contribution in [0.5, 0.6) is 0 Å². The van der Waals surface area contributed by atoms with E-state index in [9.17, 15) is 0 Å². The number of thioether (sulfide) groups is 1. The molecular weight excluding hydrogens is 140 g/mol. The third-order valence-corrected chi connectivity index (χ3v) is 1.23. The van der Waals surface area contributed by atoms with E-state index in [1.54, 1.807) is 11.8 Å².